The predicted octanol–water partition coefficient (Wildman–Crippen LogP) is 6.90. The van der Waals surface area contributed by atoms with Gasteiger partial charge in [0.15, 0.2) is 11.2 Å². The van der Waals surface area contributed by atoms with Gasteiger partial charge in [0, 0.05) is 31.4 Å². The lowest BCUT2D eigenvalue weighted by molar-refractivity contribution is -0.501. The molecule has 202 valence electrons. The molecular formula is C26H16BrCl2F3N2O5. The number of Topliss-reactive ketones (excluding diaryl/α,β-unsaturated/α-hetero) is 1. The first-order valence-corrected chi connectivity index (χ1v) is 12.7. The summed E-state index contributed by atoms with van der Waals surface area (Å²) in [7, 11) is 0. The van der Waals surface area contributed by atoms with E-state index in [2.05, 4.69) is 15.9 Å². The Labute approximate surface area is 237 Å². The zero-order valence-corrected chi connectivity index (χ0v) is 22.7. The minimum Gasteiger partial charge on any atom is -0.294 e. The molecule has 0 unspecified atom stereocenters. The number of carbonyl (C=O) groups excluding carboxylic acids is 3. The van der Waals surface area contributed by atoms with Gasteiger partial charge in [0.05, 0.1) is 17.7 Å². The van der Waals surface area contributed by atoms with E-state index in [1.807, 2.05) is 0 Å². The fraction of sp³-hybridized carbons (Fsp3) is 0.192. The highest BCUT2D eigenvalue weighted by atomic mass is 79.9. The maximum Gasteiger partial charge on any atom is 0.405 e. The Morgan fingerprint density at radius 2 is 1.51 bits per heavy atom. The van der Waals surface area contributed by atoms with Gasteiger partial charge in [-0.05, 0) is 47.5 Å². The van der Waals surface area contributed by atoms with Crippen LogP contribution in [0.1, 0.15) is 48.6 Å². The van der Waals surface area contributed by atoms with Crippen LogP contribution in [-0.4, -0.2) is 40.1 Å². The average Bonchev–Trinajstić information content (AvgIpc) is 3.08. The first kappa shape index (κ1) is 28.7. The second-order valence-corrected chi connectivity index (χ2v) is 10.6. The standard InChI is InChI=1S/C26H16BrCl2F3N2O5/c27-21-7-14(5-6-15(21)12-33-23(36)19-3-1-2-4-20(19)24(33)37)22(35)11-25(13-34(38)39,26(30,31)32)16-8-17(28)10-18(29)9-16/h1-10H,11-13H2/t25-/m0/s1. The zero-order valence-electron chi connectivity index (χ0n) is 19.6. The van der Waals surface area contributed by atoms with E-state index < -0.39 is 52.6 Å². The normalized spacial score (nSPS) is 14.8. The molecule has 0 saturated heterocycles. The molecule has 0 aromatic heterocycles. The lowest BCUT2D eigenvalue weighted by Crippen LogP contribution is -2.49. The molecule has 1 heterocycles. The average molecular weight is 644 g/mol. The number of rotatable bonds is 8. The molecule has 0 saturated carbocycles. The summed E-state index contributed by atoms with van der Waals surface area (Å²) in [5.74, 6) is -2.03. The summed E-state index contributed by atoms with van der Waals surface area (Å²) in [6.07, 6.45) is -6.51. The van der Waals surface area contributed by atoms with E-state index in [1.165, 1.54) is 36.4 Å². The fourth-order valence-electron chi connectivity index (χ4n) is 4.43. The monoisotopic (exact) mass is 642 g/mol. The maximum atomic E-state index is 14.5. The molecule has 3 aromatic rings. The van der Waals surface area contributed by atoms with Gasteiger partial charge >= 0.3 is 6.18 Å². The van der Waals surface area contributed by atoms with Crippen molar-refractivity contribution in [3.05, 3.63) is 113 Å². The molecule has 0 bridgehead atoms. The molecule has 4 rings (SSSR count). The number of hydrogen-bond donors (Lipinski definition) is 0. The Morgan fingerprint density at radius 3 is 2.00 bits per heavy atom. The van der Waals surface area contributed by atoms with E-state index in [4.69, 9.17) is 23.2 Å². The van der Waals surface area contributed by atoms with E-state index >= 15 is 0 Å². The number of hydrogen-bond acceptors (Lipinski definition) is 5. The minimum atomic E-state index is -5.22. The van der Waals surface area contributed by atoms with Gasteiger partial charge in [0.25, 0.3) is 11.8 Å². The minimum absolute atomic E-state index is 0.157. The van der Waals surface area contributed by atoms with Gasteiger partial charge in [-0.25, -0.2) is 0 Å². The largest absolute Gasteiger partial charge is 0.405 e. The van der Waals surface area contributed by atoms with Gasteiger partial charge in [-0.15, -0.1) is 0 Å². The van der Waals surface area contributed by atoms with E-state index in [1.54, 1.807) is 12.1 Å². The molecule has 1 aliphatic rings. The van der Waals surface area contributed by atoms with E-state index in [0.717, 1.165) is 17.0 Å². The third-order valence-corrected chi connectivity index (χ3v) is 7.58. The van der Waals surface area contributed by atoms with E-state index in [0.29, 0.717) is 5.56 Å². The van der Waals surface area contributed by atoms with Crippen LogP contribution >= 0.6 is 39.1 Å². The number of amides is 2. The van der Waals surface area contributed by atoms with Crippen molar-refractivity contribution in [2.45, 2.75) is 24.6 Å². The Kier molecular flexibility index (Phi) is 7.89. The molecule has 0 fully saturated rings. The molecule has 0 aliphatic carbocycles. The maximum absolute atomic E-state index is 14.5. The SMILES string of the molecule is O=C(C[C@](C[N+](=O)[O-])(c1cc(Cl)cc(Cl)c1)C(F)(F)F)c1ccc(CN2C(=O)c3ccccc3C2=O)c(Br)c1. The number of fused-ring (bicyclic) bond motifs is 1. The molecule has 1 atom stereocenters. The summed E-state index contributed by atoms with van der Waals surface area (Å²) < 4.78 is 43.7. The quantitative estimate of drug-likeness (QED) is 0.115. The Morgan fingerprint density at radius 1 is 0.949 bits per heavy atom. The van der Waals surface area contributed by atoms with Crippen molar-refractivity contribution in [1.82, 2.24) is 4.90 Å². The van der Waals surface area contributed by atoms with Crippen LogP contribution in [0, 0.1) is 10.1 Å². The number of benzene rings is 3. The third-order valence-electron chi connectivity index (χ3n) is 6.40. The van der Waals surface area contributed by atoms with Gasteiger partial charge in [0.2, 0.25) is 6.54 Å². The summed E-state index contributed by atoms with van der Waals surface area (Å²) in [6.45, 7) is -1.78. The van der Waals surface area contributed by atoms with Crippen molar-refractivity contribution in [3.63, 3.8) is 0 Å². The molecule has 0 N–H and O–H groups in total. The second-order valence-electron chi connectivity index (χ2n) is 8.88. The Hall–Kier alpha value is -3.28. The topological polar surface area (TPSA) is 97.6 Å². The molecule has 39 heavy (non-hydrogen) atoms. The smallest absolute Gasteiger partial charge is 0.294 e. The molecule has 7 nitrogen and oxygen atoms in total. The lowest BCUT2D eigenvalue weighted by atomic mass is 9.74. The summed E-state index contributed by atoms with van der Waals surface area (Å²) in [5, 5.41) is 11.0. The van der Waals surface area contributed by atoms with E-state index in [9.17, 15) is 37.7 Å². The molecule has 2 amide bonds. The molecular weight excluding hydrogens is 628 g/mol. The van der Waals surface area contributed by atoms with Crippen LogP contribution in [0.2, 0.25) is 10.0 Å². The first-order valence-electron chi connectivity index (χ1n) is 11.2. The van der Waals surface area contributed by atoms with Gasteiger partial charge in [-0.2, -0.15) is 13.2 Å². The number of ketones is 1. The van der Waals surface area contributed by atoms with Crippen molar-refractivity contribution in [1.29, 1.82) is 0 Å². The van der Waals surface area contributed by atoms with Gasteiger partial charge in [0.1, 0.15) is 0 Å². The lowest BCUT2D eigenvalue weighted by Gasteiger charge is -2.32. The summed E-state index contributed by atoms with van der Waals surface area (Å²) >= 11 is 15.0. The van der Waals surface area contributed by atoms with Crippen molar-refractivity contribution in [2.75, 3.05) is 6.54 Å². The van der Waals surface area contributed by atoms with E-state index in [-0.39, 0.29) is 37.8 Å². The third kappa shape index (κ3) is 5.57. The van der Waals surface area contributed by atoms with Crippen LogP contribution in [0.4, 0.5) is 13.2 Å². The number of halogens is 6. The van der Waals surface area contributed by atoms with Gasteiger partial charge in [-0.1, -0.05) is 63.4 Å². The molecule has 0 spiro atoms. The number of alkyl halides is 3. The van der Waals surface area contributed by atoms with Crippen LogP contribution in [0.5, 0.6) is 0 Å². The number of carbonyl (C=O) groups is 3. The fourth-order valence-corrected chi connectivity index (χ4v) is 5.46. The van der Waals surface area contributed by atoms with Crippen molar-refractivity contribution < 1.29 is 32.5 Å². The summed E-state index contributed by atoms with van der Waals surface area (Å²) in [4.78, 5) is 49.8. The van der Waals surface area contributed by atoms with Crippen LogP contribution in [0.3, 0.4) is 0 Å². The van der Waals surface area contributed by atoms with Gasteiger partial charge < -0.3 is 0 Å². The van der Waals surface area contributed by atoms with Crippen molar-refractivity contribution in [2.24, 2.45) is 0 Å². The summed E-state index contributed by atoms with van der Waals surface area (Å²) in [6, 6.07) is 13.1. The highest BCUT2D eigenvalue weighted by molar-refractivity contribution is 9.10. The van der Waals surface area contributed by atoms with Crippen LogP contribution in [0.15, 0.2) is 65.1 Å². The predicted molar refractivity (Wildman–Crippen MR) is 140 cm³/mol. The first-order chi connectivity index (χ1) is 18.2. The molecule has 13 heteroatoms. The molecule has 0 radical (unpaired) electrons. The highest BCUT2D eigenvalue weighted by Gasteiger charge is 2.60. The van der Waals surface area contributed by atoms with Gasteiger partial charge in [-0.3, -0.25) is 29.4 Å². The number of nitro groups is 1. The van der Waals surface area contributed by atoms with Crippen molar-refractivity contribution >= 4 is 56.7 Å². The highest BCUT2D eigenvalue weighted by Crippen LogP contribution is 2.46. The summed E-state index contributed by atoms with van der Waals surface area (Å²) in [5.41, 5.74) is -3.08. The Balaban J connectivity index is 1.65. The Bertz CT molecular complexity index is 1480. The number of nitrogens with zero attached hydrogens (tertiary/aromatic N) is 2. The van der Waals surface area contributed by atoms with Crippen LogP contribution in [0.25, 0.3) is 0 Å². The van der Waals surface area contributed by atoms with Crippen molar-refractivity contribution in [3.8, 4) is 0 Å². The zero-order chi connectivity index (χ0) is 28.7. The molecule has 1 aliphatic heterocycles. The van der Waals surface area contributed by atoms with Crippen LogP contribution < -0.4 is 0 Å². The second kappa shape index (κ2) is 10.7. The number of imide groups is 1. The van der Waals surface area contributed by atoms with Crippen LogP contribution in [-0.2, 0) is 12.0 Å². The molecule has 3 aromatic carbocycles.